The number of amides is 1. The minimum absolute atomic E-state index is 0.175. The fourth-order valence-corrected chi connectivity index (χ4v) is 2.88. The van der Waals surface area contributed by atoms with E-state index in [0.29, 0.717) is 38.6 Å². The molecule has 0 spiro atoms. The Kier molecular flexibility index (Phi) is 5.79. The van der Waals surface area contributed by atoms with E-state index in [4.69, 9.17) is 9.47 Å². The second kappa shape index (κ2) is 8.26. The maximum atomic E-state index is 12.5. The van der Waals surface area contributed by atoms with Crippen molar-refractivity contribution in [1.82, 2.24) is 14.9 Å². The maximum Gasteiger partial charge on any atom is 0.354 e. The van der Waals surface area contributed by atoms with Gasteiger partial charge in [-0.25, -0.2) is 9.78 Å². The number of benzene rings is 1. The molecule has 0 aliphatic carbocycles. The largest absolute Gasteiger partial charge is 0.464 e. The Hall–Kier alpha value is -3.13. The fraction of sp³-hybridized carbons (Fsp3) is 0.150. The molecule has 1 amide bonds. The summed E-state index contributed by atoms with van der Waals surface area (Å²) >= 11 is 3.39. The van der Waals surface area contributed by atoms with Gasteiger partial charge in [0.25, 0.3) is 5.91 Å². The number of carbonyl (C=O) groups is 2. The van der Waals surface area contributed by atoms with Gasteiger partial charge in [-0.15, -0.1) is 0 Å². The Balaban J connectivity index is 2.05. The lowest BCUT2D eigenvalue weighted by Gasteiger charge is -2.14. The lowest BCUT2D eigenvalue weighted by atomic mass is 10.1. The van der Waals surface area contributed by atoms with E-state index in [0.717, 1.165) is 0 Å². The fourth-order valence-electron chi connectivity index (χ4n) is 2.55. The molecule has 1 aromatic carbocycles. The first-order valence-electron chi connectivity index (χ1n) is 8.32. The lowest BCUT2D eigenvalue weighted by Crippen LogP contribution is -2.21. The van der Waals surface area contributed by atoms with Gasteiger partial charge in [-0.1, -0.05) is 0 Å². The van der Waals surface area contributed by atoms with Gasteiger partial charge in [0.15, 0.2) is 0 Å². The summed E-state index contributed by atoms with van der Waals surface area (Å²) in [7, 11) is 4.67. The molecule has 3 aromatic rings. The van der Waals surface area contributed by atoms with Crippen molar-refractivity contribution in [3.63, 3.8) is 0 Å². The zero-order valence-electron chi connectivity index (χ0n) is 15.5. The molecule has 7 nitrogen and oxygen atoms in total. The minimum Gasteiger partial charge on any atom is -0.464 e. The van der Waals surface area contributed by atoms with E-state index in [1.807, 2.05) is 6.07 Å². The van der Waals surface area contributed by atoms with Crippen LogP contribution >= 0.6 is 15.9 Å². The van der Waals surface area contributed by atoms with Crippen LogP contribution in [0.2, 0.25) is 0 Å². The van der Waals surface area contributed by atoms with E-state index in [9.17, 15) is 9.59 Å². The molecule has 0 radical (unpaired) electrons. The first kappa shape index (κ1) is 19.6. The number of aromatic nitrogens is 2. The molecule has 2 aromatic heterocycles. The van der Waals surface area contributed by atoms with Crippen molar-refractivity contribution in [2.45, 2.75) is 0 Å². The average molecular weight is 444 g/mol. The molecular weight excluding hydrogens is 426 g/mol. The normalized spacial score (nSPS) is 10.4. The Labute approximate surface area is 170 Å². The quantitative estimate of drug-likeness (QED) is 0.599. The van der Waals surface area contributed by atoms with Crippen molar-refractivity contribution >= 4 is 27.8 Å². The van der Waals surface area contributed by atoms with Gasteiger partial charge in [0.2, 0.25) is 5.88 Å². The number of nitrogens with one attached hydrogen (secondary N) is 1. The number of H-pyrrole nitrogens is 1. The van der Waals surface area contributed by atoms with Crippen molar-refractivity contribution < 1.29 is 19.1 Å². The summed E-state index contributed by atoms with van der Waals surface area (Å²) in [4.78, 5) is 32.9. The number of hydrogen-bond acceptors (Lipinski definition) is 5. The second-order valence-corrected chi connectivity index (χ2v) is 6.97. The van der Waals surface area contributed by atoms with E-state index < -0.39 is 5.97 Å². The summed E-state index contributed by atoms with van der Waals surface area (Å²) < 4.78 is 11.3. The molecule has 0 aliphatic rings. The molecule has 0 unspecified atom stereocenters. The average Bonchev–Trinajstić information content (AvgIpc) is 3.18. The molecule has 1 N–H and O–H groups in total. The molecule has 0 fully saturated rings. The van der Waals surface area contributed by atoms with Gasteiger partial charge in [-0.05, 0) is 58.4 Å². The smallest absolute Gasteiger partial charge is 0.354 e. The molecule has 0 aliphatic heterocycles. The van der Waals surface area contributed by atoms with Crippen LogP contribution in [0.25, 0.3) is 11.3 Å². The number of hydrogen-bond donors (Lipinski definition) is 1. The number of esters is 1. The van der Waals surface area contributed by atoms with Crippen LogP contribution in [0.1, 0.15) is 20.8 Å². The summed E-state index contributed by atoms with van der Waals surface area (Å²) in [5.41, 5.74) is 2.10. The molecule has 3 rings (SSSR count). The van der Waals surface area contributed by atoms with Crippen LogP contribution in [-0.2, 0) is 4.74 Å². The Morgan fingerprint density at radius 1 is 1.14 bits per heavy atom. The third-order valence-electron chi connectivity index (χ3n) is 3.90. The number of pyridine rings is 1. The third-order valence-corrected chi connectivity index (χ3v) is 4.50. The van der Waals surface area contributed by atoms with Crippen molar-refractivity contribution in [3.8, 4) is 22.9 Å². The van der Waals surface area contributed by atoms with E-state index >= 15 is 0 Å². The molecule has 28 heavy (non-hydrogen) atoms. The standard InChI is InChI=1S/C20H18BrN3O4/c1-24(2)19(25)13-9-12(16-6-7-17(23-16)20(26)27-3)10-14(11-13)28-18-15(21)5-4-8-22-18/h4-11,23H,1-3H3. The van der Waals surface area contributed by atoms with E-state index in [1.54, 1.807) is 56.7 Å². The van der Waals surface area contributed by atoms with Crippen molar-refractivity contribution in [2.24, 2.45) is 0 Å². The van der Waals surface area contributed by atoms with Crippen LogP contribution in [0.4, 0.5) is 0 Å². The summed E-state index contributed by atoms with van der Waals surface area (Å²) in [5, 5.41) is 0. The van der Waals surface area contributed by atoms with Crippen molar-refractivity contribution in [1.29, 1.82) is 0 Å². The number of nitrogens with zero attached hydrogens (tertiary/aromatic N) is 2. The Bertz CT molecular complexity index is 1030. The molecule has 0 saturated carbocycles. The van der Waals surface area contributed by atoms with E-state index in [-0.39, 0.29) is 5.91 Å². The van der Waals surface area contributed by atoms with E-state index in [2.05, 4.69) is 25.9 Å². The zero-order chi connectivity index (χ0) is 20.3. The highest BCUT2D eigenvalue weighted by molar-refractivity contribution is 9.10. The summed E-state index contributed by atoms with van der Waals surface area (Å²) in [6, 6.07) is 12.1. The molecule has 8 heteroatoms. The highest BCUT2D eigenvalue weighted by Crippen LogP contribution is 2.31. The second-order valence-electron chi connectivity index (χ2n) is 6.12. The third kappa shape index (κ3) is 4.23. The predicted octanol–water partition coefficient (Wildman–Crippen LogP) is 4.12. The molecule has 144 valence electrons. The Morgan fingerprint density at radius 2 is 1.93 bits per heavy atom. The number of rotatable bonds is 5. The van der Waals surface area contributed by atoms with Gasteiger partial charge in [0.1, 0.15) is 11.4 Å². The monoisotopic (exact) mass is 443 g/mol. The van der Waals surface area contributed by atoms with Crippen LogP contribution < -0.4 is 4.74 Å². The number of aromatic amines is 1. The van der Waals surface area contributed by atoms with Gasteiger partial charge in [-0.2, -0.15) is 0 Å². The van der Waals surface area contributed by atoms with Crippen LogP contribution in [0.5, 0.6) is 11.6 Å². The number of halogens is 1. The highest BCUT2D eigenvalue weighted by Gasteiger charge is 2.16. The first-order valence-corrected chi connectivity index (χ1v) is 9.11. The van der Waals surface area contributed by atoms with Gasteiger partial charge in [-0.3, -0.25) is 4.79 Å². The van der Waals surface area contributed by atoms with Gasteiger partial charge in [0, 0.05) is 37.1 Å². The van der Waals surface area contributed by atoms with Gasteiger partial charge in [0.05, 0.1) is 11.6 Å². The van der Waals surface area contributed by atoms with Crippen LogP contribution in [0, 0.1) is 0 Å². The maximum absolute atomic E-state index is 12.5. The van der Waals surface area contributed by atoms with Crippen LogP contribution in [-0.4, -0.2) is 47.9 Å². The molecular formula is C20H18BrN3O4. The van der Waals surface area contributed by atoms with Gasteiger partial charge >= 0.3 is 5.97 Å². The zero-order valence-corrected chi connectivity index (χ0v) is 17.1. The van der Waals surface area contributed by atoms with Crippen LogP contribution in [0.3, 0.4) is 0 Å². The summed E-state index contributed by atoms with van der Waals surface area (Å²) in [6.45, 7) is 0. The topological polar surface area (TPSA) is 84.5 Å². The minimum atomic E-state index is -0.472. The number of ether oxygens (including phenoxy) is 2. The van der Waals surface area contributed by atoms with Crippen molar-refractivity contribution in [2.75, 3.05) is 21.2 Å². The molecule has 2 heterocycles. The van der Waals surface area contributed by atoms with E-state index in [1.165, 1.54) is 12.0 Å². The summed E-state index contributed by atoms with van der Waals surface area (Å²) in [5.74, 6) is 0.174. The molecule has 0 bridgehead atoms. The van der Waals surface area contributed by atoms with Crippen LogP contribution in [0.15, 0.2) is 53.1 Å². The van der Waals surface area contributed by atoms with Gasteiger partial charge < -0.3 is 19.4 Å². The number of methoxy groups -OCH3 is 1. The summed E-state index contributed by atoms with van der Waals surface area (Å²) in [6.07, 6.45) is 1.61. The Morgan fingerprint density at radius 3 is 2.61 bits per heavy atom. The molecule has 0 saturated heterocycles. The molecule has 0 atom stereocenters. The number of carbonyl (C=O) groups excluding carboxylic acids is 2. The first-order chi connectivity index (χ1) is 13.4. The SMILES string of the molecule is COC(=O)c1ccc(-c2cc(Oc3ncccc3Br)cc(C(=O)N(C)C)c2)[nH]1. The predicted molar refractivity (Wildman–Crippen MR) is 108 cm³/mol. The lowest BCUT2D eigenvalue weighted by molar-refractivity contribution is 0.0594. The van der Waals surface area contributed by atoms with Crippen molar-refractivity contribution in [3.05, 3.63) is 64.4 Å². The highest BCUT2D eigenvalue weighted by atomic mass is 79.9.